The normalized spacial score (nSPS) is 15.5. The number of pyridine rings is 1. The van der Waals surface area contributed by atoms with E-state index in [1.165, 1.54) is 33.2 Å². The lowest BCUT2D eigenvalue weighted by Gasteiger charge is -2.41. The summed E-state index contributed by atoms with van der Waals surface area (Å²) in [4.78, 5) is 13.6. The van der Waals surface area contributed by atoms with Crippen molar-refractivity contribution >= 4 is 23.7 Å². The summed E-state index contributed by atoms with van der Waals surface area (Å²) in [5.74, 6) is 0.122. The topological polar surface area (TPSA) is 53.1 Å². The molecule has 1 atom stereocenters. The Morgan fingerprint density at radius 1 is 0.811 bits per heavy atom. The number of H-pyrrole nitrogens is 1. The molecule has 2 heterocycles. The summed E-state index contributed by atoms with van der Waals surface area (Å²) < 4.78 is 0. The zero-order chi connectivity index (χ0) is 36.5. The van der Waals surface area contributed by atoms with Crippen molar-refractivity contribution in [2.45, 2.75) is 45.6 Å². The van der Waals surface area contributed by atoms with Gasteiger partial charge in [0.05, 0.1) is 22.4 Å². The summed E-state index contributed by atoms with van der Waals surface area (Å²) in [5, 5.41) is 5.15. The third-order valence-corrected chi connectivity index (χ3v) is 11.1. The number of fused-ring (bicyclic) bond motifs is 3. The molecular formula is C49H46N4. The zero-order valence-electron chi connectivity index (χ0n) is 31.1. The van der Waals surface area contributed by atoms with E-state index < -0.39 is 5.54 Å². The maximum atomic E-state index is 5.40. The van der Waals surface area contributed by atoms with Crippen molar-refractivity contribution in [3.8, 4) is 33.6 Å². The average molecular weight is 691 g/mol. The molecule has 2 aliphatic rings. The van der Waals surface area contributed by atoms with Crippen molar-refractivity contribution in [3.05, 3.63) is 178 Å². The number of aliphatic imine (C=N–C) groups is 1. The molecule has 0 aliphatic heterocycles. The molecule has 1 unspecified atom stereocenters. The van der Waals surface area contributed by atoms with Crippen LogP contribution in [0.3, 0.4) is 0 Å². The highest BCUT2D eigenvalue weighted by atomic mass is 15.0. The number of hydrogen-bond donors (Lipinski definition) is 2. The fourth-order valence-electron chi connectivity index (χ4n) is 8.56. The Labute approximate surface area is 313 Å². The molecule has 4 aromatic carbocycles. The summed E-state index contributed by atoms with van der Waals surface area (Å²) in [6.07, 6.45) is 14.0. The molecule has 2 aliphatic carbocycles. The van der Waals surface area contributed by atoms with Crippen LogP contribution >= 0.6 is 0 Å². The number of aromatic amines is 1. The highest BCUT2D eigenvalue weighted by Gasteiger charge is 2.41. The van der Waals surface area contributed by atoms with Gasteiger partial charge in [-0.2, -0.15) is 0 Å². The highest BCUT2D eigenvalue weighted by Crippen LogP contribution is 2.47. The Hall–Kier alpha value is -5.84. The largest absolute Gasteiger partial charge is 0.361 e. The molecule has 8 rings (SSSR count). The van der Waals surface area contributed by atoms with Crippen molar-refractivity contribution in [1.82, 2.24) is 15.3 Å². The molecule has 6 aromatic rings. The summed E-state index contributed by atoms with van der Waals surface area (Å²) in [6.45, 7) is 11.0. The Morgan fingerprint density at radius 2 is 1.57 bits per heavy atom. The van der Waals surface area contributed by atoms with Gasteiger partial charge in [0.25, 0.3) is 0 Å². The van der Waals surface area contributed by atoms with Crippen LogP contribution in [-0.4, -0.2) is 23.7 Å². The van der Waals surface area contributed by atoms with Crippen molar-refractivity contribution in [1.29, 1.82) is 0 Å². The van der Waals surface area contributed by atoms with Gasteiger partial charge in [-0.25, -0.2) is 4.98 Å². The van der Waals surface area contributed by atoms with E-state index in [0.29, 0.717) is 0 Å². The van der Waals surface area contributed by atoms with Gasteiger partial charge >= 0.3 is 0 Å². The van der Waals surface area contributed by atoms with E-state index >= 15 is 0 Å². The SMILES string of the molecule is C=N/C(C1=C(C)CCC=C1)=C(/C(C)C)C(NC)(c1ccccc1)c1cc(-c2ccc(-c3ccc[nH]3)cc2)cc(-c2nc3ccccc3c3c2C=CC3)c1. The monoisotopic (exact) mass is 690 g/mol. The number of para-hydroxylation sites is 1. The number of aromatic nitrogens is 2. The lowest BCUT2D eigenvalue weighted by molar-refractivity contribution is 0.459. The second-order valence-electron chi connectivity index (χ2n) is 14.5. The first-order valence-electron chi connectivity index (χ1n) is 18.7. The van der Waals surface area contributed by atoms with Crippen LogP contribution in [0.1, 0.15) is 55.9 Å². The van der Waals surface area contributed by atoms with Gasteiger partial charge in [-0.1, -0.05) is 117 Å². The maximum Gasteiger partial charge on any atom is 0.0932 e. The fraction of sp³-hybridized carbons (Fsp3) is 0.184. The minimum atomic E-state index is -0.755. The third-order valence-electron chi connectivity index (χ3n) is 11.1. The molecule has 53 heavy (non-hydrogen) atoms. The van der Waals surface area contributed by atoms with Crippen LogP contribution in [0, 0.1) is 5.92 Å². The van der Waals surface area contributed by atoms with E-state index in [1.54, 1.807) is 0 Å². The molecule has 4 nitrogen and oxygen atoms in total. The molecule has 0 saturated carbocycles. The van der Waals surface area contributed by atoms with E-state index in [1.807, 2.05) is 12.3 Å². The molecule has 0 spiro atoms. The number of rotatable bonds is 10. The van der Waals surface area contributed by atoms with E-state index in [9.17, 15) is 0 Å². The molecule has 0 radical (unpaired) electrons. The minimum Gasteiger partial charge on any atom is -0.361 e. The predicted octanol–water partition coefficient (Wildman–Crippen LogP) is 11.9. The van der Waals surface area contributed by atoms with Gasteiger partial charge in [0.15, 0.2) is 0 Å². The van der Waals surface area contributed by atoms with E-state index in [-0.39, 0.29) is 5.92 Å². The molecule has 0 saturated heterocycles. The number of likely N-dealkylation sites (N-methyl/N-ethyl adjacent to an activating group) is 1. The van der Waals surface area contributed by atoms with Gasteiger partial charge in [-0.3, -0.25) is 4.99 Å². The van der Waals surface area contributed by atoms with Crippen LogP contribution in [0.15, 0.2) is 161 Å². The maximum absolute atomic E-state index is 5.40. The first-order chi connectivity index (χ1) is 25.9. The van der Waals surface area contributed by atoms with E-state index in [4.69, 9.17) is 9.98 Å². The molecular weight excluding hydrogens is 645 g/mol. The second kappa shape index (κ2) is 14.3. The number of allylic oxidation sites excluding steroid dienone is 4. The number of benzene rings is 4. The van der Waals surface area contributed by atoms with Gasteiger partial charge in [0, 0.05) is 28.4 Å². The predicted molar refractivity (Wildman–Crippen MR) is 224 cm³/mol. The summed E-state index contributed by atoms with van der Waals surface area (Å²) in [5.41, 5.74) is 16.3. The third kappa shape index (κ3) is 6.03. The Balaban J connectivity index is 1.46. The van der Waals surface area contributed by atoms with Gasteiger partial charge in [-0.05, 0) is 127 Å². The Morgan fingerprint density at radius 3 is 2.28 bits per heavy atom. The van der Waals surface area contributed by atoms with E-state index in [2.05, 4.69) is 172 Å². The molecule has 0 bridgehead atoms. The first kappa shape index (κ1) is 34.3. The Bertz CT molecular complexity index is 2440. The van der Waals surface area contributed by atoms with E-state index in [0.717, 1.165) is 75.2 Å². The van der Waals surface area contributed by atoms with Gasteiger partial charge in [-0.15, -0.1) is 0 Å². The first-order valence-corrected chi connectivity index (χ1v) is 18.7. The lowest BCUT2D eigenvalue weighted by atomic mass is 9.70. The van der Waals surface area contributed by atoms with Crippen LogP contribution in [0.25, 0.3) is 50.6 Å². The van der Waals surface area contributed by atoms with Crippen LogP contribution in [0.5, 0.6) is 0 Å². The van der Waals surface area contributed by atoms with Crippen LogP contribution in [0.4, 0.5) is 0 Å². The minimum absolute atomic E-state index is 0.122. The summed E-state index contributed by atoms with van der Waals surface area (Å²) in [7, 11) is 2.08. The molecule has 2 aromatic heterocycles. The van der Waals surface area contributed by atoms with Gasteiger partial charge < -0.3 is 10.3 Å². The van der Waals surface area contributed by atoms with Crippen LogP contribution in [-0.2, 0) is 12.0 Å². The molecule has 262 valence electrons. The van der Waals surface area contributed by atoms with Gasteiger partial charge in [0.2, 0.25) is 0 Å². The quantitative estimate of drug-likeness (QED) is 0.141. The fourth-order valence-corrected chi connectivity index (χ4v) is 8.56. The number of nitrogens with zero attached hydrogens (tertiary/aromatic N) is 2. The number of hydrogen-bond acceptors (Lipinski definition) is 3. The highest BCUT2D eigenvalue weighted by molar-refractivity contribution is 5.93. The molecule has 2 N–H and O–H groups in total. The standard InChI is InChI=1S/C49H46N4/c1-32(2)46(48(50-4)40-18-10-9-15-33(40)3)49(51-5,38-16-7-6-8-17-38)39-30-36(34-24-26-35(27-25-34)44-23-14-28-52-44)29-37(31-39)47-43-21-13-20-41(43)42-19-11-12-22-45(42)53-47/h6-8,10-14,16-19,21-32,51-52H,4,9,15,20H2,1-3,5H3/b48-46-. The second-order valence-corrected chi connectivity index (χ2v) is 14.5. The zero-order valence-corrected chi connectivity index (χ0v) is 31.1. The van der Waals surface area contributed by atoms with Crippen molar-refractivity contribution in [3.63, 3.8) is 0 Å². The van der Waals surface area contributed by atoms with Crippen molar-refractivity contribution < 1.29 is 0 Å². The summed E-state index contributed by atoms with van der Waals surface area (Å²) in [6, 6.07) is 39.5. The van der Waals surface area contributed by atoms with Crippen molar-refractivity contribution in [2.75, 3.05) is 7.05 Å². The van der Waals surface area contributed by atoms with Crippen LogP contribution in [0.2, 0.25) is 0 Å². The molecule has 4 heteroatoms. The summed E-state index contributed by atoms with van der Waals surface area (Å²) >= 11 is 0. The molecule has 0 amide bonds. The van der Waals surface area contributed by atoms with Crippen LogP contribution < -0.4 is 5.32 Å². The average Bonchev–Trinajstić information content (AvgIpc) is 3.93. The Kier molecular flexibility index (Phi) is 9.24. The van der Waals surface area contributed by atoms with Gasteiger partial charge in [0.1, 0.15) is 0 Å². The smallest absolute Gasteiger partial charge is 0.0932 e. The van der Waals surface area contributed by atoms with Crippen molar-refractivity contribution in [2.24, 2.45) is 10.9 Å². The lowest BCUT2D eigenvalue weighted by Crippen LogP contribution is -2.45. The number of nitrogens with one attached hydrogen (secondary N) is 2. The molecule has 0 fully saturated rings.